The van der Waals surface area contributed by atoms with Crippen molar-refractivity contribution in [3.63, 3.8) is 0 Å². The van der Waals surface area contributed by atoms with Gasteiger partial charge < -0.3 is 10.2 Å². The molecule has 2 heterocycles. The fourth-order valence-electron chi connectivity index (χ4n) is 4.75. The summed E-state index contributed by atoms with van der Waals surface area (Å²) in [7, 11) is 0. The highest BCUT2D eigenvalue weighted by Gasteiger charge is 2.40. The average molecular weight is 485 g/mol. The largest absolute Gasteiger partial charge is 0.416 e. The van der Waals surface area contributed by atoms with Gasteiger partial charge in [0.05, 0.1) is 11.6 Å². The van der Waals surface area contributed by atoms with Gasteiger partial charge in [0, 0.05) is 24.1 Å². The van der Waals surface area contributed by atoms with Gasteiger partial charge in [0.2, 0.25) is 11.8 Å². The molecule has 3 aliphatic rings. The second-order valence-corrected chi connectivity index (χ2v) is 9.18. The van der Waals surface area contributed by atoms with E-state index < -0.39 is 35.6 Å². The number of benzene rings is 2. The molecular formula is C25H22F3N3O4. The van der Waals surface area contributed by atoms with Crippen LogP contribution in [0.4, 0.5) is 13.2 Å². The molecule has 2 atom stereocenters. The van der Waals surface area contributed by atoms with E-state index in [0.717, 1.165) is 25.0 Å². The maximum absolute atomic E-state index is 13.2. The van der Waals surface area contributed by atoms with Crippen molar-refractivity contribution >= 4 is 23.6 Å². The number of halogens is 3. The van der Waals surface area contributed by atoms with Crippen molar-refractivity contribution in [1.29, 1.82) is 0 Å². The third-order valence-electron chi connectivity index (χ3n) is 6.74. The van der Waals surface area contributed by atoms with E-state index in [9.17, 15) is 32.3 Å². The molecule has 35 heavy (non-hydrogen) atoms. The zero-order valence-electron chi connectivity index (χ0n) is 18.5. The number of carbonyl (C=O) groups excluding carboxylic acids is 4. The van der Waals surface area contributed by atoms with E-state index in [1.54, 1.807) is 12.1 Å². The SMILES string of the molecule is O=C1CCC(N2Cc3cc(C(=O)N[C@@H](c4cccc(C(F)(F)F)c4)C4CC4)ccc3C2=O)C(=O)N1. The Labute approximate surface area is 198 Å². The van der Waals surface area contributed by atoms with Crippen molar-refractivity contribution in [3.8, 4) is 0 Å². The van der Waals surface area contributed by atoms with E-state index in [1.807, 2.05) is 0 Å². The summed E-state index contributed by atoms with van der Waals surface area (Å²) < 4.78 is 39.5. The van der Waals surface area contributed by atoms with Gasteiger partial charge in [-0.1, -0.05) is 12.1 Å². The van der Waals surface area contributed by atoms with E-state index in [4.69, 9.17) is 0 Å². The van der Waals surface area contributed by atoms with Crippen molar-refractivity contribution in [3.05, 3.63) is 70.3 Å². The molecule has 0 radical (unpaired) electrons. The second-order valence-electron chi connectivity index (χ2n) is 9.18. The van der Waals surface area contributed by atoms with Crippen molar-refractivity contribution in [2.24, 2.45) is 5.92 Å². The summed E-state index contributed by atoms with van der Waals surface area (Å²) in [5.74, 6) is -1.63. The Morgan fingerprint density at radius 1 is 1.06 bits per heavy atom. The van der Waals surface area contributed by atoms with Crippen LogP contribution in [0.2, 0.25) is 0 Å². The lowest BCUT2D eigenvalue weighted by atomic mass is 9.99. The number of nitrogens with one attached hydrogen (secondary N) is 2. The van der Waals surface area contributed by atoms with Gasteiger partial charge in [-0.15, -0.1) is 0 Å². The number of nitrogens with zero attached hydrogens (tertiary/aromatic N) is 1. The number of hydrogen-bond donors (Lipinski definition) is 2. The van der Waals surface area contributed by atoms with Gasteiger partial charge in [0.15, 0.2) is 0 Å². The summed E-state index contributed by atoms with van der Waals surface area (Å²) >= 11 is 0. The summed E-state index contributed by atoms with van der Waals surface area (Å²) in [6, 6.07) is 8.27. The number of piperidine rings is 1. The topological polar surface area (TPSA) is 95.6 Å². The highest BCUT2D eigenvalue weighted by molar-refractivity contribution is 6.06. The number of alkyl halides is 3. The van der Waals surface area contributed by atoms with Crippen LogP contribution < -0.4 is 10.6 Å². The lowest BCUT2D eigenvalue weighted by molar-refractivity contribution is -0.138. The Morgan fingerprint density at radius 2 is 1.83 bits per heavy atom. The molecule has 2 aliphatic heterocycles. The van der Waals surface area contributed by atoms with Gasteiger partial charge in [-0.2, -0.15) is 13.2 Å². The minimum absolute atomic E-state index is 0.0569. The normalized spacial score (nSPS) is 20.9. The second kappa shape index (κ2) is 8.51. The first-order valence-electron chi connectivity index (χ1n) is 11.4. The molecule has 0 spiro atoms. The molecule has 1 unspecified atom stereocenters. The molecule has 0 aromatic heterocycles. The molecule has 2 aromatic carbocycles. The summed E-state index contributed by atoms with van der Waals surface area (Å²) in [6.45, 7) is 0.126. The molecule has 4 amide bonds. The predicted molar refractivity (Wildman–Crippen MR) is 117 cm³/mol. The maximum Gasteiger partial charge on any atom is 0.416 e. The zero-order valence-corrected chi connectivity index (χ0v) is 18.5. The van der Waals surface area contributed by atoms with E-state index in [0.29, 0.717) is 16.7 Å². The van der Waals surface area contributed by atoms with Gasteiger partial charge in [0.1, 0.15) is 6.04 Å². The Hall–Kier alpha value is -3.69. The van der Waals surface area contributed by atoms with Crippen molar-refractivity contribution < 1.29 is 32.3 Å². The number of fused-ring (bicyclic) bond motifs is 1. The summed E-state index contributed by atoms with van der Waals surface area (Å²) in [4.78, 5) is 50.9. The number of imide groups is 1. The minimum Gasteiger partial charge on any atom is -0.345 e. The van der Waals surface area contributed by atoms with Gasteiger partial charge in [-0.25, -0.2) is 0 Å². The molecule has 10 heteroatoms. The third kappa shape index (κ3) is 4.52. The molecule has 0 bridgehead atoms. The van der Waals surface area contributed by atoms with Crippen LogP contribution in [0, 0.1) is 5.92 Å². The summed E-state index contributed by atoms with van der Waals surface area (Å²) in [5, 5.41) is 5.12. The first-order valence-corrected chi connectivity index (χ1v) is 11.4. The van der Waals surface area contributed by atoms with Crippen LogP contribution in [-0.4, -0.2) is 34.6 Å². The lowest BCUT2D eigenvalue weighted by Gasteiger charge is -2.29. The zero-order chi connectivity index (χ0) is 24.9. The predicted octanol–water partition coefficient (Wildman–Crippen LogP) is 3.35. The molecule has 5 rings (SSSR count). The Morgan fingerprint density at radius 3 is 2.51 bits per heavy atom. The standard InChI is InChI=1S/C25H22F3N3O4/c26-25(27,28)17-3-1-2-14(11-17)21(13-4-5-13)30-22(33)15-6-7-18-16(10-15)12-31(24(18)35)19-8-9-20(32)29-23(19)34/h1-3,6-7,10-11,13,19,21H,4-5,8-9,12H2,(H,30,33)(H,29,32,34)/t19?,21-/m1/s1. The summed E-state index contributed by atoms with van der Waals surface area (Å²) in [6.07, 6.45) is -2.49. The van der Waals surface area contributed by atoms with E-state index in [-0.39, 0.29) is 42.7 Å². The highest BCUT2D eigenvalue weighted by atomic mass is 19.4. The molecule has 7 nitrogen and oxygen atoms in total. The van der Waals surface area contributed by atoms with Crippen molar-refractivity contribution in [1.82, 2.24) is 15.5 Å². The molecular weight excluding hydrogens is 463 g/mol. The molecule has 2 fully saturated rings. The van der Waals surface area contributed by atoms with Crippen LogP contribution in [0.3, 0.4) is 0 Å². The number of rotatable bonds is 5. The molecule has 2 aromatic rings. The van der Waals surface area contributed by atoms with Crippen LogP contribution >= 0.6 is 0 Å². The molecule has 2 N–H and O–H groups in total. The fraction of sp³-hybridized carbons (Fsp3) is 0.360. The van der Waals surface area contributed by atoms with E-state index in [2.05, 4.69) is 10.6 Å². The smallest absolute Gasteiger partial charge is 0.345 e. The first-order chi connectivity index (χ1) is 16.6. The van der Waals surface area contributed by atoms with E-state index >= 15 is 0 Å². The van der Waals surface area contributed by atoms with Crippen LogP contribution in [-0.2, 0) is 22.3 Å². The minimum atomic E-state index is -4.48. The van der Waals surface area contributed by atoms with Gasteiger partial charge in [-0.05, 0) is 66.6 Å². The Balaban J connectivity index is 1.34. The maximum atomic E-state index is 13.2. The average Bonchev–Trinajstić information content (AvgIpc) is 3.60. The molecule has 1 aliphatic carbocycles. The van der Waals surface area contributed by atoms with Crippen LogP contribution in [0.5, 0.6) is 0 Å². The van der Waals surface area contributed by atoms with Gasteiger partial charge in [0.25, 0.3) is 11.8 Å². The quantitative estimate of drug-likeness (QED) is 0.635. The Bertz CT molecular complexity index is 1240. The first kappa shape index (κ1) is 23.1. The number of hydrogen-bond acceptors (Lipinski definition) is 4. The number of carbonyl (C=O) groups is 4. The van der Waals surface area contributed by atoms with Crippen LogP contribution in [0.1, 0.15) is 69.1 Å². The van der Waals surface area contributed by atoms with Gasteiger partial charge >= 0.3 is 6.18 Å². The third-order valence-corrected chi connectivity index (χ3v) is 6.74. The highest BCUT2D eigenvalue weighted by Crippen LogP contribution is 2.42. The lowest BCUT2D eigenvalue weighted by Crippen LogP contribution is -2.52. The molecule has 1 saturated heterocycles. The monoisotopic (exact) mass is 485 g/mol. The fourth-order valence-corrected chi connectivity index (χ4v) is 4.75. The molecule has 182 valence electrons. The van der Waals surface area contributed by atoms with Crippen molar-refractivity contribution in [2.45, 2.75) is 50.5 Å². The van der Waals surface area contributed by atoms with E-state index in [1.165, 1.54) is 23.1 Å². The van der Waals surface area contributed by atoms with Gasteiger partial charge in [-0.3, -0.25) is 24.5 Å². The van der Waals surface area contributed by atoms with Crippen LogP contribution in [0.15, 0.2) is 42.5 Å². The summed E-state index contributed by atoms with van der Waals surface area (Å²) in [5.41, 5.74) is 0.868. The molecule has 1 saturated carbocycles. The Kier molecular flexibility index (Phi) is 5.61. The van der Waals surface area contributed by atoms with Crippen molar-refractivity contribution in [2.75, 3.05) is 0 Å². The van der Waals surface area contributed by atoms with Crippen LogP contribution in [0.25, 0.3) is 0 Å². The number of amides is 4.